The molecular weight excluding hydrogens is 320 g/mol. The van der Waals surface area contributed by atoms with Gasteiger partial charge in [-0.2, -0.15) is 10.1 Å². The first-order valence-electron chi connectivity index (χ1n) is 8.96. The van der Waals surface area contributed by atoms with Gasteiger partial charge in [0.2, 0.25) is 5.95 Å². The van der Waals surface area contributed by atoms with Gasteiger partial charge in [0.05, 0.1) is 11.8 Å². The number of nitrogens with zero attached hydrogens (tertiary/aromatic N) is 6. The molecule has 0 spiro atoms. The van der Waals surface area contributed by atoms with Gasteiger partial charge >= 0.3 is 5.69 Å². The van der Waals surface area contributed by atoms with Gasteiger partial charge in [-0.25, -0.2) is 9.80 Å². The smallest absolute Gasteiger partial charge is 0.294 e. The molecule has 2 aromatic rings. The Hall–Kier alpha value is -2.38. The van der Waals surface area contributed by atoms with Gasteiger partial charge < -0.3 is 0 Å². The Bertz CT molecular complexity index is 949. The van der Waals surface area contributed by atoms with E-state index in [1.54, 1.807) is 7.05 Å². The van der Waals surface area contributed by atoms with Gasteiger partial charge in [0, 0.05) is 20.1 Å². The van der Waals surface area contributed by atoms with E-state index in [0.29, 0.717) is 30.2 Å². The number of anilines is 1. The molecule has 8 heteroatoms. The second kappa shape index (κ2) is 6.50. The minimum absolute atomic E-state index is 0.0714. The first-order chi connectivity index (χ1) is 11.9. The number of rotatable bonds is 5. The number of hydrogen-bond acceptors (Lipinski definition) is 5. The fourth-order valence-corrected chi connectivity index (χ4v) is 3.26. The van der Waals surface area contributed by atoms with Crippen molar-refractivity contribution in [3.05, 3.63) is 20.8 Å². The molecule has 0 amide bonds. The van der Waals surface area contributed by atoms with Crippen LogP contribution in [0.2, 0.25) is 0 Å². The third kappa shape index (κ3) is 2.60. The van der Waals surface area contributed by atoms with Crippen LogP contribution < -0.4 is 16.3 Å². The minimum atomic E-state index is -0.311. The summed E-state index contributed by atoms with van der Waals surface area (Å²) in [6, 6.07) is -0.0714. The number of unbranched alkanes of at least 4 members (excludes halogenated alkanes) is 1. The third-order valence-corrected chi connectivity index (χ3v) is 4.83. The lowest BCUT2D eigenvalue weighted by Crippen LogP contribution is -2.40. The SMILES string of the molecule is CCCCn1c(=O)c2c(nc3n2[C@@H](C)C(C)=NN3CCC)n(C)c1=O. The van der Waals surface area contributed by atoms with Crippen molar-refractivity contribution in [1.82, 2.24) is 18.7 Å². The van der Waals surface area contributed by atoms with Crippen molar-refractivity contribution < 1.29 is 0 Å². The summed E-state index contributed by atoms with van der Waals surface area (Å²) in [5, 5.41) is 6.44. The average molecular weight is 346 g/mol. The van der Waals surface area contributed by atoms with Gasteiger partial charge in [-0.3, -0.25) is 18.5 Å². The van der Waals surface area contributed by atoms with Crippen molar-refractivity contribution in [2.24, 2.45) is 12.1 Å². The molecule has 8 nitrogen and oxygen atoms in total. The maximum atomic E-state index is 13.1. The predicted molar refractivity (Wildman–Crippen MR) is 99.6 cm³/mol. The highest BCUT2D eigenvalue weighted by Gasteiger charge is 2.30. The number of aromatic nitrogens is 4. The molecule has 0 N–H and O–H groups in total. The third-order valence-electron chi connectivity index (χ3n) is 4.83. The van der Waals surface area contributed by atoms with E-state index in [2.05, 4.69) is 17.0 Å². The Morgan fingerprint density at radius 1 is 1.12 bits per heavy atom. The van der Waals surface area contributed by atoms with Crippen LogP contribution in [0.5, 0.6) is 0 Å². The largest absolute Gasteiger partial charge is 0.332 e. The maximum absolute atomic E-state index is 13.1. The van der Waals surface area contributed by atoms with Crippen LogP contribution >= 0.6 is 0 Å². The number of hydrogen-bond donors (Lipinski definition) is 0. The molecular formula is C17H26N6O2. The molecule has 1 atom stereocenters. The van der Waals surface area contributed by atoms with E-state index < -0.39 is 0 Å². The van der Waals surface area contributed by atoms with E-state index in [1.165, 1.54) is 9.13 Å². The zero-order chi connectivity index (χ0) is 18.3. The van der Waals surface area contributed by atoms with Crippen molar-refractivity contribution in [2.75, 3.05) is 11.6 Å². The molecule has 0 aliphatic carbocycles. The van der Waals surface area contributed by atoms with E-state index in [-0.39, 0.29) is 17.3 Å². The maximum Gasteiger partial charge on any atom is 0.332 e. The Balaban J connectivity index is 2.34. The van der Waals surface area contributed by atoms with E-state index >= 15 is 0 Å². The minimum Gasteiger partial charge on any atom is -0.294 e. The lowest BCUT2D eigenvalue weighted by molar-refractivity contribution is 0.562. The highest BCUT2D eigenvalue weighted by molar-refractivity contribution is 5.90. The Morgan fingerprint density at radius 3 is 2.48 bits per heavy atom. The van der Waals surface area contributed by atoms with E-state index in [4.69, 9.17) is 0 Å². The van der Waals surface area contributed by atoms with E-state index in [0.717, 1.165) is 25.0 Å². The molecule has 0 unspecified atom stereocenters. The quantitative estimate of drug-likeness (QED) is 0.828. The number of fused-ring (bicyclic) bond motifs is 3. The summed E-state index contributed by atoms with van der Waals surface area (Å²) in [6.45, 7) is 9.22. The zero-order valence-corrected chi connectivity index (χ0v) is 15.6. The van der Waals surface area contributed by atoms with Crippen molar-refractivity contribution in [3.63, 3.8) is 0 Å². The second-order valence-electron chi connectivity index (χ2n) is 6.65. The topological polar surface area (TPSA) is 77.4 Å². The second-order valence-corrected chi connectivity index (χ2v) is 6.65. The summed E-state index contributed by atoms with van der Waals surface area (Å²) < 4.78 is 4.74. The van der Waals surface area contributed by atoms with Crippen LogP contribution in [0.1, 0.15) is 53.0 Å². The zero-order valence-electron chi connectivity index (χ0n) is 15.6. The summed E-state index contributed by atoms with van der Waals surface area (Å²) in [7, 11) is 1.67. The predicted octanol–water partition coefficient (Wildman–Crippen LogP) is 1.86. The summed E-state index contributed by atoms with van der Waals surface area (Å²) in [5.74, 6) is 0.635. The van der Waals surface area contributed by atoms with Crippen LogP contribution in [-0.4, -0.2) is 30.9 Å². The average Bonchev–Trinajstić information content (AvgIpc) is 2.99. The fraction of sp³-hybridized carbons (Fsp3) is 0.647. The van der Waals surface area contributed by atoms with Gasteiger partial charge in [-0.05, 0) is 26.7 Å². The van der Waals surface area contributed by atoms with Gasteiger partial charge in [0.15, 0.2) is 11.2 Å². The molecule has 1 aliphatic rings. The summed E-state index contributed by atoms with van der Waals surface area (Å²) >= 11 is 0. The highest BCUT2D eigenvalue weighted by atomic mass is 16.2. The molecule has 0 aromatic carbocycles. The molecule has 0 saturated carbocycles. The van der Waals surface area contributed by atoms with Crippen LogP contribution in [0.3, 0.4) is 0 Å². The molecule has 2 aromatic heterocycles. The summed E-state index contributed by atoms with van der Waals surface area (Å²) in [4.78, 5) is 30.3. The number of imidazole rings is 1. The molecule has 0 saturated heterocycles. The molecule has 25 heavy (non-hydrogen) atoms. The lowest BCUT2D eigenvalue weighted by Gasteiger charge is -2.28. The van der Waals surface area contributed by atoms with Crippen molar-refractivity contribution in [1.29, 1.82) is 0 Å². The molecule has 136 valence electrons. The van der Waals surface area contributed by atoms with Crippen LogP contribution in [0, 0.1) is 0 Å². The van der Waals surface area contributed by atoms with Crippen LogP contribution in [-0.2, 0) is 13.6 Å². The van der Waals surface area contributed by atoms with E-state index in [1.807, 2.05) is 30.3 Å². The van der Waals surface area contributed by atoms with Gasteiger partial charge in [-0.15, -0.1) is 0 Å². The molecule has 0 fully saturated rings. The first kappa shape index (κ1) is 17.4. The van der Waals surface area contributed by atoms with Crippen molar-refractivity contribution in [3.8, 4) is 0 Å². The summed E-state index contributed by atoms with van der Waals surface area (Å²) in [6.07, 6.45) is 2.62. The van der Waals surface area contributed by atoms with Crippen molar-refractivity contribution >= 4 is 22.8 Å². The highest BCUT2D eigenvalue weighted by Crippen LogP contribution is 2.29. The fourth-order valence-electron chi connectivity index (χ4n) is 3.26. The molecule has 0 radical (unpaired) electrons. The molecule has 1 aliphatic heterocycles. The Kier molecular flexibility index (Phi) is 4.53. The van der Waals surface area contributed by atoms with Crippen LogP contribution in [0.4, 0.5) is 5.95 Å². The summed E-state index contributed by atoms with van der Waals surface area (Å²) in [5.41, 5.74) is 1.26. The molecule has 0 bridgehead atoms. The van der Waals surface area contributed by atoms with E-state index in [9.17, 15) is 9.59 Å². The molecule has 3 rings (SSSR count). The molecule has 3 heterocycles. The van der Waals surface area contributed by atoms with Gasteiger partial charge in [0.1, 0.15) is 0 Å². The van der Waals surface area contributed by atoms with Crippen molar-refractivity contribution in [2.45, 2.75) is 59.5 Å². The first-order valence-corrected chi connectivity index (χ1v) is 8.96. The Labute approximate surface area is 146 Å². The Morgan fingerprint density at radius 2 is 1.84 bits per heavy atom. The normalized spacial score (nSPS) is 17.1. The van der Waals surface area contributed by atoms with Gasteiger partial charge in [0.25, 0.3) is 5.56 Å². The van der Waals surface area contributed by atoms with Crippen LogP contribution in [0.25, 0.3) is 11.2 Å². The number of aryl methyl sites for hydroxylation is 1. The monoisotopic (exact) mass is 346 g/mol. The standard InChI is InChI=1S/C17H26N6O2/c1-6-8-10-21-15(24)13-14(20(5)17(21)25)18-16-22(9-7-2)19-11(3)12(4)23(13)16/h12H,6-10H2,1-5H3/t12-/m0/s1. The lowest BCUT2D eigenvalue weighted by atomic mass is 10.2. The van der Waals surface area contributed by atoms with Gasteiger partial charge in [-0.1, -0.05) is 20.3 Å². The number of hydrazone groups is 1. The van der Waals surface area contributed by atoms with Crippen LogP contribution in [0.15, 0.2) is 14.7 Å².